The van der Waals surface area contributed by atoms with E-state index in [0.29, 0.717) is 12.8 Å². The van der Waals surface area contributed by atoms with Crippen molar-refractivity contribution in [1.82, 2.24) is 4.31 Å². The van der Waals surface area contributed by atoms with Crippen LogP contribution >= 0.6 is 0 Å². The number of sulfonamides is 1. The van der Waals surface area contributed by atoms with Crippen LogP contribution in [0.25, 0.3) is 0 Å². The SMILES string of the molecule is CN(C1(C#N)CCC1)S(=O)(=O)Cc1ccccc1C(F)(F)F. The van der Waals surface area contributed by atoms with Gasteiger partial charge >= 0.3 is 6.18 Å². The molecule has 0 spiro atoms. The Bertz CT molecular complexity index is 704. The molecule has 0 amide bonds. The predicted octanol–water partition coefficient (Wildman–Crippen LogP) is 2.91. The van der Waals surface area contributed by atoms with Gasteiger partial charge in [-0.05, 0) is 30.9 Å². The van der Waals surface area contributed by atoms with Crippen LogP contribution in [0.5, 0.6) is 0 Å². The molecule has 0 bridgehead atoms. The van der Waals surface area contributed by atoms with Crippen LogP contribution in [0.15, 0.2) is 24.3 Å². The molecule has 0 radical (unpaired) electrons. The van der Waals surface area contributed by atoms with Crippen LogP contribution in [0.3, 0.4) is 0 Å². The molecule has 2 rings (SSSR count). The van der Waals surface area contributed by atoms with Gasteiger partial charge in [0.25, 0.3) is 0 Å². The van der Waals surface area contributed by atoms with Gasteiger partial charge in [-0.15, -0.1) is 0 Å². The third-order valence-electron chi connectivity index (χ3n) is 4.07. The third kappa shape index (κ3) is 2.96. The van der Waals surface area contributed by atoms with Gasteiger partial charge in [0.2, 0.25) is 10.0 Å². The van der Waals surface area contributed by atoms with Crippen molar-refractivity contribution in [3.8, 4) is 6.07 Å². The van der Waals surface area contributed by atoms with Crippen molar-refractivity contribution >= 4 is 10.0 Å². The number of nitrogens with zero attached hydrogens (tertiary/aromatic N) is 2. The molecule has 0 atom stereocenters. The number of hydrogen-bond donors (Lipinski definition) is 0. The van der Waals surface area contributed by atoms with E-state index in [-0.39, 0.29) is 5.56 Å². The Kier molecular flexibility index (Phi) is 4.24. The molecule has 1 aromatic carbocycles. The van der Waals surface area contributed by atoms with E-state index in [2.05, 4.69) is 0 Å². The first-order valence-electron chi connectivity index (χ1n) is 6.65. The lowest BCUT2D eigenvalue weighted by molar-refractivity contribution is -0.138. The van der Waals surface area contributed by atoms with Crippen LogP contribution in [0.4, 0.5) is 13.2 Å². The molecule has 0 aromatic heterocycles. The first-order chi connectivity index (χ1) is 10.1. The van der Waals surface area contributed by atoms with Crippen LogP contribution in [0.2, 0.25) is 0 Å². The summed E-state index contributed by atoms with van der Waals surface area (Å²) in [4.78, 5) is 0. The van der Waals surface area contributed by atoms with E-state index in [1.165, 1.54) is 19.2 Å². The lowest BCUT2D eigenvalue weighted by atomic mass is 9.78. The second kappa shape index (κ2) is 5.56. The summed E-state index contributed by atoms with van der Waals surface area (Å²) in [6.45, 7) is 0. The standard InChI is InChI=1S/C14H15F3N2O2S/c1-19(13(10-18)7-4-8-13)22(20,21)9-11-5-2-3-6-12(11)14(15,16)17/h2-3,5-6H,4,7-9H2,1H3. The van der Waals surface area contributed by atoms with Gasteiger partial charge in [0, 0.05) is 7.05 Å². The molecule has 22 heavy (non-hydrogen) atoms. The molecule has 1 aromatic rings. The number of nitriles is 1. The largest absolute Gasteiger partial charge is 0.416 e. The molecule has 0 heterocycles. The monoisotopic (exact) mass is 332 g/mol. The molecule has 1 fully saturated rings. The second-order valence-electron chi connectivity index (χ2n) is 5.38. The van der Waals surface area contributed by atoms with Gasteiger partial charge in [0.15, 0.2) is 0 Å². The molecule has 8 heteroatoms. The van der Waals surface area contributed by atoms with E-state index in [1.54, 1.807) is 0 Å². The van der Waals surface area contributed by atoms with Gasteiger partial charge in [0.1, 0.15) is 5.54 Å². The average Bonchev–Trinajstić information content (AvgIpc) is 2.37. The molecule has 0 aliphatic heterocycles. The summed E-state index contributed by atoms with van der Waals surface area (Å²) in [5, 5.41) is 9.18. The molecule has 1 aliphatic carbocycles. The highest BCUT2D eigenvalue weighted by molar-refractivity contribution is 7.88. The van der Waals surface area contributed by atoms with E-state index in [0.717, 1.165) is 22.9 Å². The van der Waals surface area contributed by atoms with Crippen molar-refractivity contribution in [2.24, 2.45) is 0 Å². The van der Waals surface area contributed by atoms with Crippen molar-refractivity contribution < 1.29 is 21.6 Å². The lowest BCUT2D eigenvalue weighted by Gasteiger charge is -2.41. The summed E-state index contributed by atoms with van der Waals surface area (Å²) >= 11 is 0. The van der Waals surface area contributed by atoms with Gasteiger partial charge in [-0.25, -0.2) is 8.42 Å². The van der Waals surface area contributed by atoms with E-state index < -0.39 is 33.1 Å². The Morgan fingerprint density at radius 2 is 1.91 bits per heavy atom. The second-order valence-corrected chi connectivity index (χ2v) is 7.38. The molecule has 1 aliphatic rings. The van der Waals surface area contributed by atoms with E-state index in [9.17, 15) is 26.9 Å². The minimum absolute atomic E-state index is 0.311. The number of rotatable bonds is 4. The fraction of sp³-hybridized carbons (Fsp3) is 0.500. The Hall–Kier alpha value is -1.59. The minimum atomic E-state index is -4.62. The van der Waals surface area contributed by atoms with Gasteiger partial charge in [-0.1, -0.05) is 18.2 Å². The average molecular weight is 332 g/mol. The zero-order valence-corrected chi connectivity index (χ0v) is 12.7. The molecular weight excluding hydrogens is 317 g/mol. The number of halogens is 3. The maximum atomic E-state index is 12.9. The van der Waals surface area contributed by atoms with Crippen molar-refractivity contribution in [1.29, 1.82) is 5.26 Å². The Labute approximate surface area is 127 Å². The Morgan fingerprint density at radius 3 is 2.36 bits per heavy atom. The summed E-state index contributed by atoms with van der Waals surface area (Å²) in [5.41, 5.74) is -2.40. The van der Waals surface area contributed by atoms with Crippen LogP contribution in [0, 0.1) is 11.3 Å². The van der Waals surface area contributed by atoms with Gasteiger partial charge < -0.3 is 0 Å². The summed E-state index contributed by atoms with van der Waals surface area (Å²) < 4.78 is 64.5. The van der Waals surface area contributed by atoms with Crippen molar-refractivity contribution in [2.45, 2.75) is 36.7 Å². The normalized spacial score (nSPS) is 17.8. The fourth-order valence-corrected chi connectivity index (χ4v) is 4.09. The Morgan fingerprint density at radius 1 is 1.32 bits per heavy atom. The first kappa shape index (κ1) is 16.8. The van der Waals surface area contributed by atoms with Crippen LogP contribution < -0.4 is 0 Å². The highest BCUT2D eigenvalue weighted by atomic mass is 32.2. The van der Waals surface area contributed by atoms with Crippen molar-refractivity contribution in [3.05, 3.63) is 35.4 Å². The van der Waals surface area contributed by atoms with E-state index >= 15 is 0 Å². The molecular formula is C14H15F3N2O2S. The van der Waals surface area contributed by atoms with Crippen molar-refractivity contribution in [2.75, 3.05) is 7.05 Å². The zero-order chi connectivity index (χ0) is 16.6. The first-order valence-corrected chi connectivity index (χ1v) is 8.26. The van der Waals surface area contributed by atoms with Crippen LogP contribution in [-0.4, -0.2) is 25.3 Å². The molecule has 4 nitrogen and oxygen atoms in total. The summed E-state index contributed by atoms with van der Waals surface area (Å²) in [5.74, 6) is -0.775. The van der Waals surface area contributed by atoms with Crippen molar-refractivity contribution in [3.63, 3.8) is 0 Å². The molecule has 0 N–H and O–H groups in total. The summed E-state index contributed by atoms with van der Waals surface area (Å²) in [7, 11) is -2.76. The van der Waals surface area contributed by atoms with Crippen LogP contribution in [-0.2, 0) is 22.0 Å². The molecule has 120 valence electrons. The summed E-state index contributed by atoms with van der Waals surface area (Å²) in [6, 6.07) is 6.56. The molecule has 0 unspecified atom stereocenters. The van der Waals surface area contributed by atoms with Gasteiger partial charge in [0.05, 0.1) is 17.4 Å². The summed E-state index contributed by atoms with van der Waals surface area (Å²) in [6.07, 6.45) is -3.08. The smallest absolute Gasteiger partial charge is 0.212 e. The third-order valence-corrected chi connectivity index (χ3v) is 5.93. The molecule has 1 saturated carbocycles. The lowest BCUT2D eigenvalue weighted by Crippen LogP contribution is -2.53. The van der Waals surface area contributed by atoms with Gasteiger partial charge in [-0.2, -0.15) is 22.7 Å². The number of alkyl halides is 3. The number of hydrogen-bond acceptors (Lipinski definition) is 3. The van der Waals surface area contributed by atoms with Crippen LogP contribution in [0.1, 0.15) is 30.4 Å². The van der Waals surface area contributed by atoms with Gasteiger partial charge in [-0.3, -0.25) is 0 Å². The minimum Gasteiger partial charge on any atom is -0.212 e. The maximum Gasteiger partial charge on any atom is 0.416 e. The highest BCUT2D eigenvalue weighted by Crippen LogP contribution is 2.39. The number of benzene rings is 1. The Balaban J connectivity index is 2.33. The fourth-order valence-electron chi connectivity index (χ4n) is 2.49. The highest BCUT2D eigenvalue weighted by Gasteiger charge is 2.46. The quantitative estimate of drug-likeness (QED) is 0.852. The zero-order valence-electron chi connectivity index (χ0n) is 11.9. The molecule has 0 saturated heterocycles. The van der Waals surface area contributed by atoms with E-state index in [4.69, 9.17) is 0 Å². The van der Waals surface area contributed by atoms with E-state index in [1.807, 2.05) is 6.07 Å². The topological polar surface area (TPSA) is 61.2 Å². The maximum absolute atomic E-state index is 12.9. The predicted molar refractivity (Wildman–Crippen MR) is 74.0 cm³/mol.